The average molecular weight is 352 g/mol. The molecule has 0 spiro atoms. The van der Waals surface area contributed by atoms with E-state index in [4.69, 9.17) is 23.2 Å². The minimum atomic E-state index is -0.235. The van der Waals surface area contributed by atoms with Crippen LogP contribution in [0.2, 0.25) is 10.0 Å². The predicted octanol–water partition coefficient (Wildman–Crippen LogP) is 4.59. The molecule has 0 bridgehead atoms. The van der Waals surface area contributed by atoms with Crippen molar-refractivity contribution in [1.82, 2.24) is 5.32 Å². The van der Waals surface area contributed by atoms with Crippen LogP contribution in [-0.4, -0.2) is 12.5 Å². The predicted molar refractivity (Wildman–Crippen MR) is 90.4 cm³/mol. The summed E-state index contributed by atoms with van der Waals surface area (Å²) < 4.78 is 13.7. The number of amides is 1. The zero-order valence-corrected chi connectivity index (χ0v) is 13.9. The third kappa shape index (κ3) is 4.04. The summed E-state index contributed by atoms with van der Waals surface area (Å²) in [6, 6.07) is 12.0. The lowest BCUT2D eigenvalue weighted by molar-refractivity contribution is -0.122. The van der Waals surface area contributed by atoms with Crippen molar-refractivity contribution in [3.05, 3.63) is 69.5 Å². The van der Waals surface area contributed by atoms with Gasteiger partial charge in [0.2, 0.25) is 5.91 Å². The second-order valence-electron chi connectivity index (χ2n) is 5.79. The maximum atomic E-state index is 13.7. The molecule has 0 saturated heterocycles. The van der Waals surface area contributed by atoms with Gasteiger partial charge in [0.05, 0.1) is 0 Å². The third-order valence-corrected chi connectivity index (χ3v) is 4.50. The minimum absolute atomic E-state index is 0.00295. The molecule has 0 aromatic heterocycles. The van der Waals surface area contributed by atoms with Gasteiger partial charge in [0.25, 0.3) is 0 Å². The number of halogens is 3. The normalized spacial score (nSPS) is 19.4. The number of hydrogen-bond acceptors (Lipinski definition) is 1. The van der Waals surface area contributed by atoms with Crippen LogP contribution in [0.15, 0.2) is 42.5 Å². The van der Waals surface area contributed by atoms with E-state index < -0.39 is 0 Å². The van der Waals surface area contributed by atoms with Crippen LogP contribution in [-0.2, 0) is 11.2 Å². The van der Waals surface area contributed by atoms with Gasteiger partial charge in [-0.05, 0) is 54.2 Å². The number of carbonyl (C=O) groups is 1. The summed E-state index contributed by atoms with van der Waals surface area (Å²) in [5.41, 5.74) is 1.61. The van der Waals surface area contributed by atoms with E-state index in [2.05, 4.69) is 5.32 Å². The standard InChI is InChI=1S/C18H16Cl2FNO/c19-12-7-11(8-13(20)9-12)5-6-22-18(23)16-10-15(16)14-3-1-2-4-17(14)21/h1-4,7-9,15-16H,5-6,10H2,(H,22,23). The van der Waals surface area contributed by atoms with E-state index in [9.17, 15) is 9.18 Å². The highest BCUT2D eigenvalue weighted by atomic mass is 35.5. The molecule has 120 valence electrons. The Bertz CT molecular complexity index is 714. The first-order chi connectivity index (χ1) is 11.0. The molecular weight excluding hydrogens is 336 g/mol. The molecule has 1 aliphatic rings. The molecule has 1 fully saturated rings. The summed E-state index contributed by atoms with van der Waals surface area (Å²) in [4.78, 5) is 12.1. The van der Waals surface area contributed by atoms with E-state index in [0.717, 1.165) is 5.56 Å². The van der Waals surface area contributed by atoms with Gasteiger partial charge in [-0.25, -0.2) is 4.39 Å². The molecule has 23 heavy (non-hydrogen) atoms. The Morgan fingerprint density at radius 2 is 1.87 bits per heavy atom. The summed E-state index contributed by atoms with van der Waals surface area (Å²) in [6.45, 7) is 0.510. The summed E-state index contributed by atoms with van der Waals surface area (Å²) in [7, 11) is 0. The number of nitrogens with one attached hydrogen (secondary N) is 1. The molecule has 0 aliphatic heterocycles. The molecule has 3 rings (SSSR count). The van der Waals surface area contributed by atoms with Crippen LogP contribution >= 0.6 is 23.2 Å². The van der Waals surface area contributed by atoms with Crippen molar-refractivity contribution in [2.75, 3.05) is 6.54 Å². The molecule has 1 amide bonds. The van der Waals surface area contributed by atoms with Crippen molar-refractivity contribution >= 4 is 29.1 Å². The smallest absolute Gasteiger partial charge is 0.223 e. The number of benzene rings is 2. The van der Waals surface area contributed by atoms with Crippen molar-refractivity contribution in [1.29, 1.82) is 0 Å². The van der Waals surface area contributed by atoms with Crippen molar-refractivity contribution < 1.29 is 9.18 Å². The van der Waals surface area contributed by atoms with Crippen LogP contribution in [0, 0.1) is 11.7 Å². The van der Waals surface area contributed by atoms with Gasteiger partial charge in [-0.2, -0.15) is 0 Å². The molecule has 1 aliphatic carbocycles. The summed E-state index contributed by atoms with van der Waals surface area (Å²) >= 11 is 11.9. The maximum Gasteiger partial charge on any atom is 0.223 e. The highest BCUT2D eigenvalue weighted by Crippen LogP contribution is 2.48. The fraction of sp³-hybridized carbons (Fsp3) is 0.278. The summed E-state index contributed by atoms with van der Waals surface area (Å²) in [6.07, 6.45) is 1.36. The maximum absolute atomic E-state index is 13.7. The van der Waals surface area contributed by atoms with Crippen LogP contribution < -0.4 is 5.32 Å². The second kappa shape index (κ2) is 6.90. The Morgan fingerprint density at radius 3 is 2.57 bits per heavy atom. The first-order valence-corrected chi connectivity index (χ1v) is 8.27. The fourth-order valence-corrected chi connectivity index (χ4v) is 3.39. The Morgan fingerprint density at radius 1 is 1.17 bits per heavy atom. The molecule has 2 unspecified atom stereocenters. The second-order valence-corrected chi connectivity index (χ2v) is 6.66. The van der Waals surface area contributed by atoms with Gasteiger partial charge in [-0.15, -0.1) is 0 Å². The Hall–Kier alpha value is -1.58. The molecule has 2 nitrogen and oxygen atoms in total. The van der Waals surface area contributed by atoms with Gasteiger partial charge in [0.1, 0.15) is 5.82 Å². The Kier molecular flexibility index (Phi) is 4.88. The highest BCUT2D eigenvalue weighted by molar-refractivity contribution is 6.34. The molecule has 0 radical (unpaired) electrons. The molecule has 1 saturated carbocycles. The van der Waals surface area contributed by atoms with E-state index >= 15 is 0 Å². The van der Waals surface area contributed by atoms with Crippen LogP contribution in [0.3, 0.4) is 0 Å². The van der Waals surface area contributed by atoms with Gasteiger partial charge >= 0.3 is 0 Å². The fourth-order valence-electron chi connectivity index (χ4n) is 2.82. The lowest BCUT2D eigenvalue weighted by Crippen LogP contribution is -2.27. The zero-order valence-electron chi connectivity index (χ0n) is 12.4. The molecule has 2 aromatic rings. The first-order valence-electron chi connectivity index (χ1n) is 7.51. The summed E-state index contributed by atoms with van der Waals surface area (Å²) in [5, 5.41) is 4.07. The van der Waals surface area contributed by atoms with Crippen molar-refractivity contribution in [2.45, 2.75) is 18.8 Å². The van der Waals surface area contributed by atoms with Crippen molar-refractivity contribution in [3.8, 4) is 0 Å². The largest absolute Gasteiger partial charge is 0.356 e. The highest BCUT2D eigenvalue weighted by Gasteiger charge is 2.44. The average Bonchev–Trinajstić information content (AvgIpc) is 3.27. The quantitative estimate of drug-likeness (QED) is 0.838. The van der Waals surface area contributed by atoms with Gasteiger partial charge in [0.15, 0.2) is 0 Å². The monoisotopic (exact) mass is 351 g/mol. The Labute approximate surface area is 144 Å². The van der Waals surface area contributed by atoms with Gasteiger partial charge < -0.3 is 5.32 Å². The lowest BCUT2D eigenvalue weighted by atomic mass is 10.1. The van der Waals surface area contributed by atoms with Gasteiger partial charge in [-0.3, -0.25) is 4.79 Å². The minimum Gasteiger partial charge on any atom is -0.356 e. The molecule has 1 N–H and O–H groups in total. The van der Waals surface area contributed by atoms with Crippen LogP contribution in [0.5, 0.6) is 0 Å². The number of rotatable bonds is 5. The Balaban J connectivity index is 1.50. The van der Waals surface area contributed by atoms with E-state index in [1.807, 2.05) is 12.1 Å². The van der Waals surface area contributed by atoms with Crippen LogP contribution in [0.4, 0.5) is 4.39 Å². The van der Waals surface area contributed by atoms with Crippen molar-refractivity contribution in [2.24, 2.45) is 5.92 Å². The topological polar surface area (TPSA) is 29.1 Å². The molecular formula is C18H16Cl2FNO. The number of hydrogen-bond donors (Lipinski definition) is 1. The van der Waals surface area contributed by atoms with Crippen molar-refractivity contribution in [3.63, 3.8) is 0 Å². The molecule has 0 heterocycles. The third-order valence-electron chi connectivity index (χ3n) is 4.07. The molecule has 2 aromatic carbocycles. The van der Waals surface area contributed by atoms with E-state index in [1.165, 1.54) is 6.07 Å². The van der Waals surface area contributed by atoms with Gasteiger partial charge in [-0.1, -0.05) is 41.4 Å². The first kappa shape index (κ1) is 16.3. The SMILES string of the molecule is O=C(NCCc1cc(Cl)cc(Cl)c1)C1CC1c1ccccc1F. The number of carbonyl (C=O) groups excluding carboxylic acids is 1. The van der Waals surface area contributed by atoms with Crippen LogP contribution in [0.25, 0.3) is 0 Å². The van der Waals surface area contributed by atoms with Gasteiger partial charge in [0, 0.05) is 22.5 Å². The summed E-state index contributed by atoms with van der Waals surface area (Å²) in [5.74, 6) is -0.389. The van der Waals surface area contributed by atoms with E-state index in [-0.39, 0.29) is 23.6 Å². The van der Waals surface area contributed by atoms with Crippen LogP contribution in [0.1, 0.15) is 23.5 Å². The lowest BCUT2D eigenvalue weighted by Gasteiger charge is -2.07. The van der Waals surface area contributed by atoms with E-state index in [1.54, 1.807) is 24.3 Å². The molecule has 5 heteroatoms. The molecule has 2 atom stereocenters. The zero-order chi connectivity index (χ0) is 16.4. The van der Waals surface area contributed by atoms with E-state index in [0.29, 0.717) is 35.0 Å².